The fraction of sp³-hybridized carbons (Fsp3) is 0.143. The number of phenols is 1. The molecule has 4 rings (SSSR count). The Morgan fingerprint density at radius 3 is 2.70 bits per heavy atom. The molecule has 0 unspecified atom stereocenters. The Hall–Kier alpha value is -3.54. The molecule has 0 amide bonds. The van der Waals surface area contributed by atoms with Gasteiger partial charge in [-0.1, -0.05) is 24.3 Å². The maximum atomic E-state index is 12.4. The van der Waals surface area contributed by atoms with Crippen LogP contribution in [0, 0.1) is 6.92 Å². The summed E-state index contributed by atoms with van der Waals surface area (Å²) >= 11 is 0. The molecule has 0 saturated carbocycles. The lowest BCUT2D eigenvalue weighted by Gasteiger charge is -2.19. The zero-order valence-corrected chi connectivity index (χ0v) is 14.6. The number of fused-ring (bicyclic) bond motifs is 1. The third-order valence-electron chi connectivity index (χ3n) is 4.50. The van der Waals surface area contributed by atoms with Crippen molar-refractivity contribution in [3.63, 3.8) is 0 Å². The smallest absolute Gasteiger partial charge is 0.348 e. The van der Waals surface area contributed by atoms with Crippen LogP contribution >= 0.6 is 0 Å². The van der Waals surface area contributed by atoms with Crippen molar-refractivity contribution in [2.24, 2.45) is 4.99 Å². The Bertz CT molecular complexity index is 1100. The molecule has 0 saturated heterocycles. The minimum absolute atomic E-state index is 0.0595. The summed E-state index contributed by atoms with van der Waals surface area (Å²) in [5.41, 5.74) is 2.17. The molecule has 1 atom stereocenters. The molecule has 2 aromatic carbocycles. The number of anilines is 1. The first kappa shape index (κ1) is 16.9. The number of para-hydroxylation sites is 2. The molecule has 0 bridgehead atoms. The van der Waals surface area contributed by atoms with Crippen LogP contribution in [0.4, 0.5) is 11.4 Å². The van der Waals surface area contributed by atoms with E-state index in [2.05, 4.69) is 10.3 Å². The second-order valence-electron chi connectivity index (χ2n) is 6.48. The molecule has 3 N–H and O–H groups in total. The molecule has 136 valence electrons. The number of hydrogen-bond donors (Lipinski definition) is 3. The van der Waals surface area contributed by atoms with Crippen LogP contribution in [0.3, 0.4) is 0 Å². The summed E-state index contributed by atoms with van der Waals surface area (Å²) in [5.74, 6) is 0.332. The first-order valence-corrected chi connectivity index (χ1v) is 8.57. The zero-order valence-electron chi connectivity index (χ0n) is 14.6. The van der Waals surface area contributed by atoms with Crippen molar-refractivity contribution < 1.29 is 14.6 Å². The van der Waals surface area contributed by atoms with Gasteiger partial charge < -0.3 is 19.9 Å². The summed E-state index contributed by atoms with van der Waals surface area (Å²) < 4.78 is 5.17. The van der Waals surface area contributed by atoms with E-state index in [1.807, 2.05) is 30.3 Å². The molecule has 2 heterocycles. The van der Waals surface area contributed by atoms with Crippen LogP contribution in [0.1, 0.15) is 29.3 Å². The molecule has 1 aromatic heterocycles. The molecule has 6 heteroatoms. The topological polar surface area (TPSA) is 95.1 Å². The lowest BCUT2D eigenvalue weighted by atomic mass is 9.97. The van der Waals surface area contributed by atoms with Gasteiger partial charge in [0.1, 0.15) is 22.8 Å². The Morgan fingerprint density at radius 1 is 1.11 bits per heavy atom. The summed E-state index contributed by atoms with van der Waals surface area (Å²) in [4.78, 5) is 17.0. The number of nitrogens with one attached hydrogen (secondary N) is 1. The van der Waals surface area contributed by atoms with Crippen molar-refractivity contribution in [3.8, 4) is 11.5 Å². The van der Waals surface area contributed by atoms with Gasteiger partial charge >= 0.3 is 5.63 Å². The van der Waals surface area contributed by atoms with Gasteiger partial charge in [0.15, 0.2) is 0 Å². The summed E-state index contributed by atoms with van der Waals surface area (Å²) in [5, 5.41) is 23.6. The van der Waals surface area contributed by atoms with E-state index in [1.54, 1.807) is 25.1 Å². The van der Waals surface area contributed by atoms with Crippen LogP contribution in [0.2, 0.25) is 0 Å². The van der Waals surface area contributed by atoms with Gasteiger partial charge in [0.25, 0.3) is 0 Å². The van der Waals surface area contributed by atoms with E-state index in [0.717, 1.165) is 11.3 Å². The normalized spacial score (nSPS) is 16.0. The van der Waals surface area contributed by atoms with Crippen LogP contribution < -0.4 is 10.9 Å². The van der Waals surface area contributed by atoms with E-state index in [0.29, 0.717) is 23.6 Å². The number of benzene rings is 2. The van der Waals surface area contributed by atoms with Crippen molar-refractivity contribution in [1.29, 1.82) is 0 Å². The molecule has 27 heavy (non-hydrogen) atoms. The van der Waals surface area contributed by atoms with Crippen molar-refractivity contribution in [2.75, 3.05) is 5.32 Å². The zero-order chi connectivity index (χ0) is 19.0. The summed E-state index contributed by atoms with van der Waals surface area (Å²) in [6, 6.07) is 15.6. The van der Waals surface area contributed by atoms with E-state index in [1.165, 1.54) is 6.07 Å². The third kappa shape index (κ3) is 3.29. The summed E-state index contributed by atoms with van der Waals surface area (Å²) in [7, 11) is 0. The van der Waals surface area contributed by atoms with Gasteiger partial charge in [0, 0.05) is 12.5 Å². The molecule has 0 aliphatic carbocycles. The van der Waals surface area contributed by atoms with E-state index in [9.17, 15) is 15.0 Å². The summed E-state index contributed by atoms with van der Waals surface area (Å²) in [6.45, 7) is 1.60. The third-order valence-corrected chi connectivity index (χ3v) is 4.50. The van der Waals surface area contributed by atoms with Gasteiger partial charge in [-0.3, -0.25) is 4.99 Å². The molecular formula is C21H18N2O4. The van der Waals surface area contributed by atoms with Crippen molar-refractivity contribution in [1.82, 2.24) is 0 Å². The fourth-order valence-corrected chi connectivity index (χ4v) is 3.28. The average Bonchev–Trinajstić information content (AvgIpc) is 2.80. The maximum Gasteiger partial charge on any atom is 0.348 e. The molecule has 0 fully saturated rings. The number of aromatic hydroxyl groups is 2. The standard InChI is InChI=1S/C21H18N2O4/c1-12-9-19(25)20(21(26)27-12)18-11-17(13-5-4-6-14(24)10-13)22-15-7-2-3-8-16(15)23-18/h2-10,17,22,24-25H,11H2,1H3/t17-/m1/s1. The van der Waals surface area contributed by atoms with Gasteiger partial charge in [-0.05, 0) is 36.8 Å². The predicted octanol–water partition coefficient (Wildman–Crippen LogP) is 4.04. The van der Waals surface area contributed by atoms with Crippen LogP contribution in [0.15, 0.2) is 68.8 Å². The summed E-state index contributed by atoms with van der Waals surface area (Å²) in [6.07, 6.45) is 0.333. The van der Waals surface area contributed by atoms with Gasteiger partial charge in [-0.25, -0.2) is 4.79 Å². The lowest BCUT2D eigenvalue weighted by Crippen LogP contribution is -2.19. The first-order valence-electron chi connectivity index (χ1n) is 8.57. The molecule has 1 aliphatic rings. The highest BCUT2D eigenvalue weighted by Crippen LogP contribution is 2.36. The fourth-order valence-electron chi connectivity index (χ4n) is 3.28. The average molecular weight is 362 g/mol. The number of nitrogens with zero attached hydrogens (tertiary/aromatic N) is 1. The second kappa shape index (κ2) is 6.64. The van der Waals surface area contributed by atoms with E-state index >= 15 is 0 Å². The minimum atomic E-state index is -0.625. The molecule has 0 radical (unpaired) electrons. The maximum absolute atomic E-state index is 12.4. The van der Waals surface area contributed by atoms with Gasteiger partial charge in [0.05, 0.1) is 23.1 Å². The van der Waals surface area contributed by atoms with Crippen molar-refractivity contribution in [2.45, 2.75) is 19.4 Å². The predicted molar refractivity (Wildman–Crippen MR) is 103 cm³/mol. The van der Waals surface area contributed by atoms with Crippen LogP contribution in [0.5, 0.6) is 11.5 Å². The molecule has 6 nitrogen and oxygen atoms in total. The number of aliphatic imine (C=N–C) groups is 1. The molecule has 3 aromatic rings. The number of phenolic OH excluding ortho intramolecular Hbond substituents is 1. The van der Waals surface area contributed by atoms with Crippen molar-refractivity contribution in [3.05, 3.63) is 81.9 Å². The number of hydrogen-bond acceptors (Lipinski definition) is 6. The van der Waals surface area contributed by atoms with Gasteiger partial charge in [0.2, 0.25) is 0 Å². The number of aryl methyl sites for hydroxylation is 1. The minimum Gasteiger partial charge on any atom is -0.508 e. The molecule has 0 spiro atoms. The van der Waals surface area contributed by atoms with Gasteiger partial charge in [-0.15, -0.1) is 0 Å². The quantitative estimate of drug-likeness (QED) is 0.639. The first-order chi connectivity index (χ1) is 13.0. The number of rotatable bonds is 2. The van der Waals surface area contributed by atoms with Crippen LogP contribution in [-0.4, -0.2) is 15.9 Å². The monoisotopic (exact) mass is 362 g/mol. The van der Waals surface area contributed by atoms with E-state index in [-0.39, 0.29) is 23.1 Å². The van der Waals surface area contributed by atoms with E-state index < -0.39 is 5.63 Å². The van der Waals surface area contributed by atoms with Gasteiger partial charge in [-0.2, -0.15) is 0 Å². The van der Waals surface area contributed by atoms with Crippen LogP contribution in [0.25, 0.3) is 0 Å². The Balaban J connectivity index is 1.88. The van der Waals surface area contributed by atoms with E-state index in [4.69, 9.17) is 4.42 Å². The highest BCUT2D eigenvalue weighted by molar-refractivity contribution is 6.05. The lowest BCUT2D eigenvalue weighted by molar-refractivity contribution is 0.432. The molecule has 1 aliphatic heterocycles. The van der Waals surface area contributed by atoms with Crippen molar-refractivity contribution >= 4 is 17.1 Å². The second-order valence-corrected chi connectivity index (χ2v) is 6.48. The SMILES string of the molecule is Cc1cc(O)c(C2=Nc3ccccc3N[C@@H](c3cccc(O)c3)C2)c(=O)o1. The Morgan fingerprint density at radius 2 is 1.93 bits per heavy atom. The Labute approximate surface area is 155 Å². The molecular weight excluding hydrogens is 344 g/mol. The van der Waals surface area contributed by atoms with Crippen LogP contribution in [-0.2, 0) is 0 Å². The Kier molecular flexibility index (Phi) is 4.16. The largest absolute Gasteiger partial charge is 0.508 e. The highest BCUT2D eigenvalue weighted by Gasteiger charge is 2.25. The highest BCUT2D eigenvalue weighted by atomic mass is 16.4.